The van der Waals surface area contributed by atoms with E-state index in [9.17, 15) is 14.9 Å². The largest absolute Gasteiger partial charge is 0.483 e. The van der Waals surface area contributed by atoms with E-state index in [1.807, 2.05) is 11.0 Å². The highest BCUT2D eigenvalue weighted by Gasteiger charge is 2.32. The van der Waals surface area contributed by atoms with Crippen LogP contribution in [0.2, 0.25) is 0 Å². The smallest absolute Gasteiger partial charge is 0.414 e. The average molecular weight is 615 g/mol. The zero-order valence-electron chi connectivity index (χ0n) is 25.3. The molecule has 0 atom stereocenters. The molecule has 3 N–H and O–H groups in total. The predicted molar refractivity (Wildman–Crippen MR) is 165 cm³/mol. The summed E-state index contributed by atoms with van der Waals surface area (Å²) in [5, 5.41) is 21.5. The minimum absolute atomic E-state index is 0.0244. The third-order valence-corrected chi connectivity index (χ3v) is 6.84. The molecule has 0 bridgehead atoms. The lowest BCUT2D eigenvalue weighted by Gasteiger charge is -2.28. The molecule has 0 fully saturated rings. The molecule has 0 saturated heterocycles. The van der Waals surface area contributed by atoms with Crippen LogP contribution in [0, 0.1) is 24.1 Å². The van der Waals surface area contributed by atoms with Gasteiger partial charge in [-0.25, -0.2) is 14.2 Å². The van der Waals surface area contributed by atoms with E-state index < -0.39 is 23.2 Å². The van der Waals surface area contributed by atoms with Crippen LogP contribution in [0.15, 0.2) is 41.7 Å². The molecular weight excluding hydrogens is 583 g/mol. The van der Waals surface area contributed by atoms with Crippen LogP contribution < -0.4 is 15.5 Å². The Kier molecular flexibility index (Phi) is 9.51. The number of aliphatic imine (C=N–C) groups is 1. The van der Waals surface area contributed by atoms with E-state index in [-0.39, 0.29) is 29.9 Å². The van der Waals surface area contributed by atoms with E-state index in [0.717, 1.165) is 0 Å². The number of nitrogens with zero attached hydrogens (tertiary/aromatic N) is 6. The van der Waals surface area contributed by atoms with Crippen molar-refractivity contribution < 1.29 is 28.6 Å². The highest BCUT2D eigenvalue weighted by Crippen LogP contribution is 2.37. The maximum absolute atomic E-state index is 15.1. The number of hydrogen-bond donors (Lipinski definition) is 3. The van der Waals surface area contributed by atoms with Crippen LogP contribution in [0.4, 0.5) is 26.6 Å². The first-order valence-electron chi connectivity index (χ1n) is 13.8. The highest BCUT2D eigenvalue weighted by atomic mass is 19.1. The van der Waals surface area contributed by atoms with Crippen molar-refractivity contribution >= 4 is 53.4 Å². The molecule has 0 spiro atoms. The van der Waals surface area contributed by atoms with Crippen LogP contribution in [-0.2, 0) is 14.9 Å². The van der Waals surface area contributed by atoms with Gasteiger partial charge in [0.2, 0.25) is 5.95 Å². The Bertz CT molecular complexity index is 1760. The maximum Gasteiger partial charge on any atom is 0.414 e. The molecule has 14 heteroatoms. The summed E-state index contributed by atoms with van der Waals surface area (Å²) in [6, 6.07) is 8.33. The van der Waals surface area contributed by atoms with Gasteiger partial charge in [-0.05, 0) is 81.7 Å². The van der Waals surface area contributed by atoms with Gasteiger partial charge >= 0.3 is 6.09 Å². The number of aromatic nitrogens is 3. The molecule has 0 radical (unpaired) electrons. The number of pyridine rings is 1. The van der Waals surface area contributed by atoms with Crippen molar-refractivity contribution in [2.45, 2.75) is 46.1 Å². The minimum atomic E-state index is -0.824. The van der Waals surface area contributed by atoms with E-state index in [4.69, 9.17) is 14.6 Å². The van der Waals surface area contributed by atoms with Gasteiger partial charge < -0.3 is 20.1 Å². The van der Waals surface area contributed by atoms with Crippen molar-refractivity contribution in [3.63, 3.8) is 0 Å². The molecule has 4 heterocycles. The fourth-order valence-electron chi connectivity index (χ4n) is 4.65. The molecule has 2 aliphatic rings. The Morgan fingerprint density at radius 3 is 2.64 bits per heavy atom. The molecule has 5 rings (SSSR count). The highest BCUT2D eigenvalue weighted by molar-refractivity contribution is 6.36. The molecule has 1 aromatic carbocycles. The van der Waals surface area contributed by atoms with E-state index >= 15 is 4.39 Å². The first kappa shape index (κ1) is 32.2. The monoisotopic (exact) mass is 614 g/mol. The third-order valence-electron chi connectivity index (χ3n) is 6.84. The van der Waals surface area contributed by atoms with Crippen molar-refractivity contribution in [1.82, 2.24) is 15.0 Å². The Morgan fingerprint density at radius 1 is 1.22 bits per heavy atom. The normalized spacial score (nSPS) is 13.2. The molecule has 3 aromatic rings. The number of halogens is 1. The van der Waals surface area contributed by atoms with Crippen molar-refractivity contribution in [2.75, 3.05) is 28.6 Å². The van der Waals surface area contributed by atoms with Crippen LogP contribution in [0.25, 0.3) is 11.6 Å². The summed E-state index contributed by atoms with van der Waals surface area (Å²) in [5.41, 5.74) is 2.54. The minimum Gasteiger partial charge on any atom is -0.483 e. The lowest BCUT2D eigenvalue weighted by Crippen LogP contribution is -2.33. The third kappa shape index (κ3) is 7.10. The zero-order valence-corrected chi connectivity index (χ0v) is 25.3. The molecule has 0 unspecified atom stereocenters. The number of hydrogen-bond acceptors (Lipinski definition) is 10. The summed E-state index contributed by atoms with van der Waals surface area (Å²) in [6.07, 6.45) is 3.95. The van der Waals surface area contributed by atoms with E-state index in [2.05, 4.69) is 36.6 Å². The number of carbonyl (C=O) groups is 3. The van der Waals surface area contributed by atoms with Gasteiger partial charge in [0.15, 0.2) is 0 Å². The van der Waals surface area contributed by atoms with Gasteiger partial charge in [-0.2, -0.15) is 10.2 Å². The quantitative estimate of drug-likeness (QED) is 0.326. The van der Waals surface area contributed by atoms with E-state index in [1.54, 1.807) is 52.9 Å². The standard InChI is InChI=1S/C30H29FN8O3.CH2O2/c1-16(2)42-29(41)38-28-35-14-18-11-21(26-34-8-9-39(26)25(18)37-28)20-13-23(22(31)10-17(20)3)36-27(40)24-12-19(6-7-33-24)30(4,5)15-32;2-1-3/h6-7,10-14,16H,8-9H2,1-5H3,(H,36,40)(H,35,37,38,41);1H,(H,2,3). The number of amidine groups is 1. The van der Waals surface area contributed by atoms with Gasteiger partial charge in [-0.15, -0.1) is 0 Å². The maximum atomic E-state index is 15.1. The second kappa shape index (κ2) is 13.3. The second-order valence-corrected chi connectivity index (χ2v) is 10.8. The van der Waals surface area contributed by atoms with Gasteiger partial charge in [0.25, 0.3) is 12.4 Å². The molecule has 2 aliphatic heterocycles. The topological polar surface area (TPSA) is 183 Å². The van der Waals surface area contributed by atoms with Crippen LogP contribution >= 0.6 is 0 Å². The van der Waals surface area contributed by atoms with Gasteiger partial charge in [-0.1, -0.05) is 0 Å². The van der Waals surface area contributed by atoms with Crippen molar-refractivity contribution in [3.8, 4) is 6.07 Å². The van der Waals surface area contributed by atoms with E-state index in [1.165, 1.54) is 18.3 Å². The first-order valence-corrected chi connectivity index (χ1v) is 13.8. The van der Waals surface area contributed by atoms with Crippen LogP contribution in [-0.4, -0.2) is 63.6 Å². The summed E-state index contributed by atoms with van der Waals surface area (Å²) in [5.74, 6) is 0.0988. The molecule has 2 amide bonds. The number of nitrogens with one attached hydrogen (secondary N) is 2. The average Bonchev–Trinajstić information content (AvgIpc) is 3.49. The second-order valence-electron chi connectivity index (χ2n) is 10.8. The van der Waals surface area contributed by atoms with Crippen molar-refractivity contribution in [1.29, 1.82) is 5.26 Å². The summed E-state index contributed by atoms with van der Waals surface area (Å²) >= 11 is 0. The number of ether oxygens (including phenoxy) is 1. The van der Waals surface area contributed by atoms with Crippen LogP contribution in [0.3, 0.4) is 0 Å². The van der Waals surface area contributed by atoms with Crippen LogP contribution in [0.1, 0.15) is 60.4 Å². The summed E-state index contributed by atoms with van der Waals surface area (Å²) in [7, 11) is 0. The summed E-state index contributed by atoms with van der Waals surface area (Å²) in [4.78, 5) is 53.0. The summed E-state index contributed by atoms with van der Waals surface area (Å²) in [6.45, 7) is 9.56. The molecule has 0 saturated carbocycles. The zero-order chi connectivity index (χ0) is 32.9. The number of anilines is 3. The van der Waals surface area contributed by atoms with Crippen LogP contribution in [0.5, 0.6) is 0 Å². The number of carbonyl (C=O) groups excluding carboxylic acids is 2. The molecule has 13 nitrogen and oxygen atoms in total. The van der Waals surface area contributed by atoms with Crippen molar-refractivity contribution in [3.05, 3.63) is 70.4 Å². The predicted octanol–water partition coefficient (Wildman–Crippen LogP) is 4.80. The fourth-order valence-corrected chi connectivity index (χ4v) is 4.65. The number of carboxylic acid groups (broad SMARTS) is 1. The Labute approximate surface area is 258 Å². The number of benzene rings is 1. The number of aryl methyl sites for hydroxylation is 1. The number of amides is 2. The molecule has 2 aromatic heterocycles. The lowest BCUT2D eigenvalue weighted by molar-refractivity contribution is -0.122. The number of rotatable bonds is 6. The molecular formula is C31H31FN8O5. The molecule has 232 valence electrons. The first-order chi connectivity index (χ1) is 21.4. The number of fused-ring (bicyclic) bond motifs is 3. The Balaban J connectivity index is 0.00000148. The van der Waals surface area contributed by atoms with E-state index in [0.29, 0.717) is 52.6 Å². The Hall–Kier alpha value is -5.71. The van der Waals surface area contributed by atoms with Gasteiger partial charge in [0.05, 0.1) is 29.8 Å². The molecule has 45 heavy (non-hydrogen) atoms. The van der Waals surface area contributed by atoms with Gasteiger partial charge in [-0.3, -0.25) is 24.9 Å². The van der Waals surface area contributed by atoms with Gasteiger partial charge in [0.1, 0.15) is 23.2 Å². The SMILES string of the molecule is Cc1cc(F)c(NC(=O)c2cc(C(C)(C)C#N)ccn2)cc1C1=Cc2cnc(NC(=O)OC(C)C)nc2N2CCN=C12.O=CO. The summed E-state index contributed by atoms with van der Waals surface area (Å²) < 4.78 is 20.2. The van der Waals surface area contributed by atoms with Crippen molar-refractivity contribution in [2.24, 2.45) is 4.99 Å². The van der Waals surface area contributed by atoms with Gasteiger partial charge in [0, 0.05) is 30.1 Å². The number of nitriles is 1. The fraction of sp³-hybridized carbons (Fsp3) is 0.290. The Morgan fingerprint density at radius 2 is 1.96 bits per heavy atom. The lowest BCUT2D eigenvalue weighted by atomic mass is 9.86. The molecule has 0 aliphatic carbocycles.